The summed E-state index contributed by atoms with van der Waals surface area (Å²) in [5.41, 5.74) is 2.79. The molecule has 0 radical (unpaired) electrons. The number of piperazine rings is 1. The quantitative estimate of drug-likeness (QED) is 0.603. The largest absolute Gasteiger partial charge is 0.497 e. The highest BCUT2D eigenvalue weighted by molar-refractivity contribution is 7.17. The lowest BCUT2D eigenvalue weighted by Gasteiger charge is -2.36. The molecule has 2 heterocycles. The number of benzene rings is 2. The van der Waals surface area contributed by atoms with Gasteiger partial charge in [-0.3, -0.25) is 4.79 Å². The molecule has 0 atom stereocenters. The van der Waals surface area contributed by atoms with Gasteiger partial charge in [-0.05, 0) is 43.3 Å². The fourth-order valence-electron chi connectivity index (χ4n) is 3.45. The van der Waals surface area contributed by atoms with Gasteiger partial charge in [0.1, 0.15) is 15.6 Å². The van der Waals surface area contributed by atoms with E-state index in [9.17, 15) is 4.79 Å². The van der Waals surface area contributed by atoms with Crippen molar-refractivity contribution in [1.29, 1.82) is 0 Å². The fourth-order valence-corrected chi connectivity index (χ4v) is 4.75. The van der Waals surface area contributed by atoms with Gasteiger partial charge in [-0.2, -0.15) is 0 Å². The van der Waals surface area contributed by atoms with Crippen LogP contribution in [0.5, 0.6) is 5.75 Å². The van der Waals surface area contributed by atoms with Crippen molar-refractivity contribution in [2.45, 2.75) is 6.92 Å². The minimum Gasteiger partial charge on any atom is -0.497 e. The normalized spacial score (nSPS) is 14.2. The van der Waals surface area contributed by atoms with Crippen LogP contribution in [0, 0.1) is 6.92 Å². The molecule has 7 heteroatoms. The number of halogens is 1. The van der Waals surface area contributed by atoms with Crippen LogP contribution in [0.15, 0.2) is 48.5 Å². The van der Waals surface area contributed by atoms with E-state index >= 15 is 0 Å². The number of hydrogen-bond acceptors (Lipinski definition) is 5. The van der Waals surface area contributed by atoms with E-state index in [-0.39, 0.29) is 5.91 Å². The van der Waals surface area contributed by atoms with E-state index in [1.807, 2.05) is 60.4 Å². The van der Waals surface area contributed by atoms with E-state index in [2.05, 4.69) is 9.88 Å². The third kappa shape index (κ3) is 4.09. The van der Waals surface area contributed by atoms with Gasteiger partial charge in [0.2, 0.25) is 0 Å². The summed E-state index contributed by atoms with van der Waals surface area (Å²) in [5.74, 6) is 0.855. The number of ether oxygens (including phenoxy) is 1. The molecule has 4 rings (SSSR count). The van der Waals surface area contributed by atoms with Gasteiger partial charge in [0, 0.05) is 31.7 Å². The molecule has 1 amide bonds. The number of para-hydroxylation sites is 1. The summed E-state index contributed by atoms with van der Waals surface area (Å²) in [4.78, 5) is 22.6. The first-order chi connectivity index (χ1) is 14.1. The molecule has 0 saturated carbocycles. The van der Waals surface area contributed by atoms with Crippen molar-refractivity contribution in [2.24, 2.45) is 0 Å². The van der Waals surface area contributed by atoms with Crippen molar-refractivity contribution in [3.63, 3.8) is 0 Å². The van der Waals surface area contributed by atoms with Gasteiger partial charge < -0.3 is 14.5 Å². The molecule has 1 aliphatic rings. The van der Waals surface area contributed by atoms with Crippen molar-refractivity contribution in [3.05, 3.63) is 64.1 Å². The predicted molar refractivity (Wildman–Crippen MR) is 118 cm³/mol. The van der Waals surface area contributed by atoms with Crippen molar-refractivity contribution in [1.82, 2.24) is 9.88 Å². The average molecular weight is 428 g/mol. The lowest BCUT2D eigenvalue weighted by atomic mass is 10.2. The number of anilines is 1. The summed E-state index contributed by atoms with van der Waals surface area (Å²) in [7, 11) is 1.64. The Morgan fingerprint density at radius 1 is 1.07 bits per heavy atom. The van der Waals surface area contributed by atoms with E-state index in [0.29, 0.717) is 18.0 Å². The van der Waals surface area contributed by atoms with Crippen LogP contribution >= 0.6 is 22.9 Å². The average Bonchev–Trinajstić information content (AvgIpc) is 3.15. The van der Waals surface area contributed by atoms with Crippen LogP contribution in [0.1, 0.15) is 15.4 Å². The molecule has 1 aromatic heterocycles. The molecule has 0 unspecified atom stereocenters. The molecular formula is C22H22ClN3O2S. The Bertz CT molecular complexity index is 1010. The van der Waals surface area contributed by atoms with Crippen molar-refractivity contribution >= 4 is 34.5 Å². The number of thiazole rings is 1. The summed E-state index contributed by atoms with van der Waals surface area (Å²) in [6.45, 7) is 4.76. The monoisotopic (exact) mass is 427 g/mol. The van der Waals surface area contributed by atoms with Crippen LogP contribution in [-0.2, 0) is 0 Å². The number of methoxy groups -OCH3 is 1. The van der Waals surface area contributed by atoms with Crippen molar-refractivity contribution in [2.75, 3.05) is 38.2 Å². The summed E-state index contributed by atoms with van der Waals surface area (Å²) >= 11 is 7.77. The molecule has 1 fully saturated rings. The Morgan fingerprint density at radius 2 is 1.76 bits per heavy atom. The van der Waals surface area contributed by atoms with Crippen LogP contribution in [0.4, 0.5) is 5.69 Å². The Morgan fingerprint density at radius 3 is 2.41 bits per heavy atom. The number of amides is 1. The molecular weight excluding hydrogens is 406 g/mol. The summed E-state index contributed by atoms with van der Waals surface area (Å²) in [6.07, 6.45) is 0. The first-order valence-corrected chi connectivity index (χ1v) is 10.7. The van der Waals surface area contributed by atoms with Crippen LogP contribution in [-0.4, -0.2) is 49.1 Å². The van der Waals surface area contributed by atoms with Crippen LogP contribution < -0.4 is 9.64 Å². The van der Waals surface area contributed by atoms with Crippen LogP contribution in [0.3, 0.4) is 0 Å². The van der Waals surface area contributed by atoms with Gasteiger partial charge in [-0.25, -0.2) is 4.98 Å². The van der Waals surface area contributed by atoms with E-state index in [1.54, 1.807) is 7.11 Å². The maximum atomic E-state index is 13.1. The zero-order valence-corrected chi connectivity index (χ0v) is 18.0. The molecule has 0 N–H and O–H groups in total. The molecule has 0 bridgehead atoms. The predicted octanol–water partition coefficient (Wildman–Crippen LogP) is 4.74. The smallest absolute Gasteiger partial charge is 0.265 e. The molecule has 150 valence electrons. The van der Waals surface area contributed by atoms with Gasteiger partial charge >= 0.3 is 0 Å². The zero-order chi connectivity index (χ0) is 20.4. The third-order valence-electron chi connectivity index (χ3n) is 5.09. The number of aromatic nitrogens is 1. The Balaban J connectivity index is 1.46. The van der Waals surface area contributed by atoms with Gasteiger partial charge in [-0.15, -0.1) is 11.3 Å². The maximum Gasteiger partial charge on any atom is 0.265 e. The first kappa shape index (κ1) is 19.7. The molecule has 5 nitrogen and oxygen atoms in total. The van der Waals surface area contributed by atoms with Gasteiger partial charge in [-0.1, -0.05) is 23.7 Å². The molecule has 2 aromatic carbocycles. The first-order valence-electron chi connectivity index (χ1n) is 9.47. The number of nitrogens with zero attached hydrogens (tertiary/aromatic N) is 3. The number of rotatable bonds is 4. The van der Waals surface area contributed by atoms with Gasteiger partial charge in [0.05, 0.1) is 23.5 Å². The Hall–Kier alpha value is -2.57. The van der Waals surface area contributed by atoms with Gasteiger partial charge in [0.15, 0.2) is 0 Å². The number of hydrogen-bond donors (Lipinski definition) is 0. The highest BCUT2D eigenvalue weighted by Crippen LogP contribution is 2.31. The van der Waals surface area contributed by atoms with Crippen LogP contribution in [0.25, 0.3) is 10.6 Å². The molecule has 1 aliphatic heterocycles. The van der Waals surface area contributed by atoms with E-state index in [4.69, 9.17) is 16.3 Å². The summed E-state index contributed by atoms with van der Waals surface area (Å²) in [5, 5.41) is 1.60. The minimum absolute atomic E-state index is 0.0542. The Kier molecular flexibility index (Phi) is 5.74. The van der Waals surface area contributed by atoms with E-state index < -0.39 is 0 Å². The van der Waals surface area contributed by atoms with Gasteiger partial charge in [0.25, 0.3) is 5.91 Å². The highest BCUT2D eigenvalue weighted by atomic mass is 35.5. The zero-order valence-electron chi connectivity index (χ0n) is 16.4. The van der Waals surface area contributed by atoms with Crippen molar-refractivity contribution in [3.8, 4) is 16.3 Å². The Labute approximate surface area is 179 Å². The lowest BCUT2D eigenvalue weighted by Crippen LogP contribution is -2.48. The molecule has 29 heavy (non-hydrogen) atoms. The second-order valence-electron chi connectivity index (χ2n) is 6.89. The van der Waals surface area contributed by atoms with E-state index in [0.717, 1.165) is 45.8 Å². The number of carbonyl (C=O) groups excluding carboxylic acids is 1. The SMILES string of the molecule is COc1ccc(-c2nc(C)c(C(=O)N3CCN(c4ccccc4Cl)CC3)s2)cc1. The summed E-state index contributed by atoms with van der Waals surface area (Å²) in [6, 6.07) is 15.6. The highest BCUT2D eigenvalue weighted by Gasteiger charge is 2.26. The lowest BCUT2D eigenvalue weighted by molar-refractivity contribution is 0.0750. The maximum absolute atomic E-state index is 13.1. The fraction of sp³-hybridized carbons (Fsp3) is 0.273. The second kappa shape index (κ2) is 8.43. The summed E-state index contributed by atoms with van der Waals surface area (Å²) < 4.78 is 5.21. The van der Waals surface area contributed by atoms with Crippen molar-refractivity contribution < 1.29 is 9.53 Å². The minimum atomic E-state index is 0.0542. The second-order valence-corrected chi connectivity index (χ2v) is 8.30. The molecule has 0 aliphatic carbocycles. The molecule has 0 spiro atoms. The molecule has 1 saturated heterocycles. The third-order valence-corrected chi connectivity index (χ3v) is 6.60. The molecule has 3 aromatic rings. The standard InChI is InChI=1S/C22H22ClN3O2S/c1-15-20(29-21(24-15)16-7-9-17(28-2)10-8-16)22(27)26-13-11-25(12-14-26)19-6-4-3-5-18(19)23/h3-10H,11-14H2,1-2H3. The number of carbonyl (C=O) groups is 1. The van der Waals surface area contributed by atoms with E-state index in [1.165, 1.54) is 11.3 Å². The number of aryl methyl sites for hydroxylation is 1. The topological polar surface area (TPSA) is 45.7 Å². The van der Waals surface area contributed by atoms with Crippen LogP contribution in [0.2, 0.25) is 5.02 Å².